The minimum Gasteiger partial charge on any atom is -0.389 e. The van der Waals surface area contributed by atoms with Crippen molar-refractivity contribution in [2.75, 3.05) is 5.32 Å². The van der Waals surface area contributed by atoms with Crippen LogP contribution in [-0.2, 0) is 9.59 Å². The number of carbonyl (C=O) groups excluding carboxylic acids is 2. The van der Waals surface area contributed by atoms with Crippen LogP contribution in [0.1, 0.15) is 44.2 Å². The van der Waals surface area contributed by atoms with Crippen LogP contribution < -0.4 is 5.32 Å². The fourth-order valence-electron chi connectivity index (χ4n) is 4.47. The van der Waals surface area contributed by atoms with Gasteiger partial charge in [0.25, 0.3) is 5.69 Å². The molecule has 162 valence electrons. The van der Waals surface area contributed by atoms with E-state index in [1.54, 1.807) is 19.1 Å². The lowest BCUT2D eigenvalue weighted by molar-refractivity contribution is -0.384. The number of carbonyl (C=O) groups is 2. The van der Waals surface area contributed by atoms with E-state index in [0.717, 1.165) is 11.3 Å². The van der Waals surface area contributed by atoms with Crippen molar-refractivity contribution in [2.45, 2.75) is 45.6 Å². The van der Waals surface area contributed by atoms with Crippen molar-refractivity contribution in [1.82, 2.24) is 0 Å². The van der Waals surface area contributed by atoms with Gasteiger partial charge in [-0.05, 0) is 45.4 Å². The zero-order valence-electron chi connectivity index (χ0n) is 18.0. The SMILES string of the molecule is CC(=O)C1=C(Nc2ccc(C)cc2)C[C@](C)(O)[C@H](C(C)=O)[C@@H]1c1ccc([N+](=O)[O-])cc1. The van der Waals surface area contributed by atoms with Gasteiger partial charge in [-0.25, -0.2) is 0 Å². The van der Waals surface area contributed by atoms with Gasteiger partial charge in [0.05, 0.1) is 16.4 Å². The number of non-ortho nitro benzene ring substituents is 1. The molecule has 0 fully saturated rings. The smallest absolute Gasteiger partial charge is 0.269 e. The van der Waals surface area contributed by atoms with Gasteiger partial charge in [-0.1, -0.05) is 29.8 Å². The Morgan fingerprint density at radius 3 is 2.16 bits per heavy atom. The molecule has 0 aromatic heterocycles. The van der Waals surface area contributed by atoms with Crippen molar-refractivity contribution in [1.29, 1.82) is 0 Å². The highest BCUT2D eigenvalue weighted by Gasteiger charge is 2.49. The number of rotatable bonds is 6. The predicted octanol–water partition coefficient (Wildman–Crippen LogP) is 4.30. The molecule has 31 heavy (non-hydrogen) atoms. The Balaban J connectivity index is 2.19. The number of allylic oxidation sites excluding steroid dienone is 1. The molecule has 0 bridgehead atoms. The van der Waals surface area contributed by atoms with Gasteiger partial charge in [0.2, 0.25) is 0 Å². The number of hydrogen-bond donors (Lipinski definition) is 2. The summed E-state index contributed by atoms with van der Waals surface area (Å²) >= 11 is 0. The predicted molar refractivity (Wildman–Crippen MR) is 118 cm³/mol. The van der Waals surface area contributed by atoms with Crippen LogP contribution in [0.2, 0.25) is 0 Å². The van der Waals surface area contributed by atoms with Crippen molar-refractivity contribution in [2.24, 2.45) is 5.92 Å². The second-order valence-electron chi connectivity index (χ2n) is 8.39. The topological polar surface area (TPSA) is 110 Å². The van der Waals surface area contributed by atoms with Crippen molar-refractivity contribution in [3.05, 3.63) is 81.0 Å². The van der Waals surface area contributed by atoms with E-state index in [1.165, 1.54) is 26.0 Å². The summed E-state index contributed by atoms with van der Waals surface area (Å²) in [5.41, 5.74) is 1.87. The first kappa shape index (κ1) is 22.4. The van der Waals surface area contributed by atoms with Crippen molar-refractivity contribution >= 4 is 22.9 Å². The monoisotopic (exact) mass is 422 g/mol. The number of benzene rings is 2. The van der Waals surface area contributed by atoms with Crippen LogP contribution in [0, 0.1) is 23.0 Å². The van der Waals surface area contributed by atoms with Crippen LogP contribution in [0.5, 0.6) is 0 Å². The molecule has 0 aliphatic heterocycles. The average molecular weight is 422 g/mol. The highest BCUT2D eigenvalue weighted by molar-refractivity contribution is 5.98. The summed E-state index contributed by atoms with van der Waals surface area (Å²) in [6.07, 6.45) is 0.101. The molecule has 0 radical (unpaired) electrons. The Hall–Kier alpha value is -3.32. The van der Waals surface area contributed by atoms with Crippen LogP contribution in [0.25, 0.3) is 0 Å². The van der Waals surface area contributed by atoms with Crippen molar-refractivity contribution in [3.8, 4) is 0 Å². The lowest BCUT2D eigenvalue weighted by atomic mass is 9.64. The number of Topliss-reactive ketones (excluding diaryl/α,β-unsaturated/α-hetero) is 2. The minimum absolute atomic E-state index is 0.0861. The summed E-state index contributed by atoms with van der Waals surface area (Å²) in [4.78, 5) is 36.0. The number of nitro groups is 1. The number of aliphatic hydroxyl groups is 1. The molecule has 0 saturated carbocycles. The molecule has 0 unspecified atom stereocenters. The molecule has 2 N–H and O–H groups in total. The Bertz CT molecular complexity index is 1050. The van der Waals surface area contributed by atoms with Gasteiger partial charge < -0.3 is 10.4 Å². The van der Waals surface area contributed by atoms with Gasteiger partial charge in [0.1, 0.15) is 5.78 Å². The summed E-state index contributed by atoms with van der Waals surface area (Å²) in [6, 6.07) is 13.4. The van der Waals surface area contributed by atoms with E-state index in [4.69, 9.17) is 0 Å². The minimum atomic E-state index is -1.41. The largest absolute Gasteiger partial charge is 0.389 e. The molecule has 0 saturated heterocycles. The lowest BCUT2D eigenvalue weighted by Crippen LogP contribution is -2.48. The fourth-order valence-corrected chi connectivity index (χ4v) is 4.47. The third-order valence-corrected chi connectivity index (χ3v) is 5.80. The van der Waals surface area contributed by atoms with E-state index in [1.807, 2.05) is 31.2 Å². The maximum atomic E-state index is 12.8. The molecule has 1 aliphatic carbocycles. The van der Waals surface area contributed by atoms with Crippen molar-refractivity contribution in [3.63, 3.8) is 0 Å². The van der Waals surface area contributed by atoms with Gasteiger partial charge in [0.15, 0.2) is 5.78 Å². The highest BCUT2D eigenvalue weighted by atomic mass is 16.6. The molecule has 0 amide bonds. The number of aryl methyl sites for hydroxylation is 1. The normalized spacial score (nSPS) is 23.4. The third-order valence-electron chi connectivity index (χ3n) is 5.80. The van der Waals surface area contributed by atoms with E-state index in [2.05, 4.69) is 5.32 Å². The number of ketones is 2. The Labute approximate surface area is 180 Å². The van der Waals surface area contributed by atoms with E-state index in [-0.39, 0.29) is 23.7 Å². The number of nitrogens with zero attached hydrogens (tertiary/aromatic N) is 1. The molecule has 7 heteroatoms. The molecule has 3 rings (SSSR count). The maximum absolute atomic E-state index is 12.8. The second kappa shape index (κ2) is 8.43. The zero-order valence-corrected chi connectivity index (χ0v) is 18.0. The summed E-state index contributed by atoms with van der Waals surface area (Å²) in [5, 5.41) is 25.6. The summed E-state index contributed by atoms with van der Waals surface area (Å²) in [6.45, 7) is 6.39. The highest BCUT2D eigenvalue weighted by Crippen LogP contribution is 2.48. The first-order chi connectivity index (χ1) is 14.5. The molecular weight excluding hydrogens is 396 g/mol. The number of nitro benzene ring substituents is 1. The summed E-state index contributed by atoms with van der Waals surface area (Å²) in [7, 11) is 0. The summed E-state index contributed by atoms with van der Waals surface area (Å²) in [5.74, 6) is -2.06. The van der Waals surface area contributed by atoms with Gasteiger partial charge in [-0.2, -0.15) is 0 Å². The van der Waals surface area contributed by atoms with E-state index in [9.17, 15) is 24.8 Å². The van der Waals surface area contributed by atoms with E-state index < -0.39 is 22.4 Å². The molecule has 3 atom stereocenters. The first-order valence-electron chi connectivity index (χ1n) is 10.1. The fraction of sp³-hybridized carbons (Fsp3) is 0.333. The Kier molecular flexibility index (Phi) is 6.08. The maximum Gasteiger partial charge on any atom is 0.269 e. The quantitative estimate of drug-likeness (QED) is 0.530. The Morgan fingerprint density at radius 2 is 1.68 bits per heavy atom. The number of hydrogen-bond acceptors (Lipinski definition) is 6. The molecule has 0 heterocycles. The van der Waals surface area contributed by atoms with Gasteiger partial charge in [-0.3, -0.25) is 19.7 Å². The third kappa shape index (κ3) is 4.56. The summed E-state index contributed by atoms with van der Waals surface area (Å²) < 4.78 is 0. The van der Waals surface area contributed by atoms with Crippen LogP contribution in [0.4, 0.5) is 11.4 Å². The van der Waals surface area contributed by atoms with Crippen LogP contribution in [0.15, 0.2) is 59.8 Å². The molecule has 1 aliphatic rings. The first-order valence-corrected chi connectivity index (χ1v) is 10.1. The zero-order chi connectivity index (χ0) is 22.9. The van der Waals surface area contributed by atoms with Crippen molar-refractivity contribution < 1.29 is 19.6 Å². The molecule has 2 aromatic rings. The average Bonchev–Trinajstić information content (AvgIpc) is 2.68. The standard InChI is InChI=1S/C24H26N2O5/c1-14-5-9-18(10-6-14)25-20-13-24(4,29)23(16(3)28)22(21(20)15(2)27)17-7-11-19(12-8-17)26(30)31/h5-12,22-23,25,29H,13H2,1-4H3/t22-,23-,24+/m1/s1. The van der Waals surface area contributed by atoms with Gasteiger partial charge in [0, 0.05) is 41.4 Å². The molecular formula is C24H26N2O5. The molecule has 7 nitrogen and oxygen atoms in total. The van der Waals surface area contributed by atoms with E-state index >= 15 is 0 Å². The number of nitrogens with one attached hydrogen (secondary N) is 1. The Morgan fingerprint density at radius 1 is 1.10 bits per heavy atom. The van der Waals surface area contributed by atoms with Crippen LogP contribution in [0.3, 0.4) is 0 Å². The number of anilines is 1. The molecule has 2 aromatic carbocycles. The van der Waals surface area contributed by atoms with Gasteiger partial charge >= 0.3 is 0 Å². The van der Waals surface area contributed by atoms with Crippen LogP contribution >= 0.6 is 0 Å². The van der Waals surface area contributed by atoms with Crippen LogP contribution in [-0.4, -0.2) is 27.2 Å². The molecule has 0 spiro atoms. The van der Waals surface area contributed by atoms with Gasteiger partial charge in [-0.15, -0.1) is 0 Å². The second-order valence-corrected chi connectivity index (χ2v) is 8.39. The lowest BCUT2D eigenvalue weighted by Gasteiger charge is -2.43. The van der Waals surface area contributed by atoms with E-state index in [0.29, 0.717) is 16.8 Å².